The van der Waals surface area contributed by atoms with Gasteiger partial charge in [-0.2, -0.15) is 0 Å². The molecule has 1 aromatic heterocycles. The van der Waals surface area contributed by atoms with Gasteiger partial charge in [-0.15, -0.1) is 0 Å². The third kappa shape index (κ3) is 4.49. The first kappa shape index (κ1) is 12.3. The predicted molar refractivity (Wildman–Crippen MR) is 62.9 cm³/mol. The molecule has 1 heterocycles. The monoisotopic (exact) mass is 210 g/mol. The molecule has 1 atom stereocenters. The van der Waals surface area contributed by atoms with Crippen LogP contribution in [0.5, 0.6) is 0 Å². The molecule has 0 bridgehead atoms. The molecule has 0 spiro atoms. The third-order valence-corrected chi connectivity index (χ3v) is 2.45. The van der Waals surface area contributed by atoms with E-state index in [0.717, 1.165) is 32.4 Å². The number of unbranched alkanes of at least 4 members (excludes halogenated alkanes) is 1. The van der Waals surface area contributed by atoms with Gasteiger partial charge in [0, 0.05) is 44.6 Å². The number of nitrogens with zero attached hydrogens (tertiary/aromatic N) is 1. The zero-order valence-corrected chi connectivity index (χ0v) is 9.78. The van der Waals surface area contributed by atoms with Crippen LogP contribution in [-0.4, -0.2) is 24.3 Å². The summed E-state index contributed by atoms with van der Waals surface area (Å²) >= 11 is 0. The molecule has 86 valence electrons. The van der Waals surface area contributed by atoms with Crippen LogP contribution in [0.4, 0.5) is 0 Å². The zero-order chi connectivity index (χ0) is 11.1. The first-order valence-electron chi connectivity index (χ1n) is 5.62. The van der Waals surface area contributed by atoms with Crippen molar-refractivity contribution in [1.82, 2.24) is 4.57 Å². The number of hydrogen-bond acceptors (Lipinski definition) is 2. The van der Waals surface area contributed by atoms with E-state index in [0.29, 0.717) is 0 Å². The molecule has 3 heteroatoms. The molecule has 15 heavy (non-hydrogen) atoms. The number of methoxy groups -OCH3 is 1. The average molecular weight is 210 g/mol. The molecule has 0 aliphatic heterocycles. The van der Waals surface area contributed by atoms with Crippen LogP contribution in [0.3, 0.4) is 0 Å². The smallest absolute Gasteiger partial charge is 0.0462 e. The molecule has 0 fully saturated rings. The maximum Gasteiger partial charge on any atom is 0.0462 e. The highest BCUT2D eigenvalue weighted by atomic mass is 16.5. The lowest BCUT2D eigenvalue weighted by Crippen LogP contribution is -2.19. The molecule has 0 aliphatic carbocycles. The lowest BCUT2D eigenvalue weighted by Gasteiger charge is -2.10. The van der Waals surface area contributed by atoms with Gasteiger partial charge >= 0.3 is 0 Å². The van der Waals surface area contributed by atoms with Gasteiger partial charge in [0.1, 0.15) is 0 Å². The van der Waals surface area contributed by atoms with E-state index in [2.05, 4.69) is 22.9 Å². The molecule has 0 aliphatic rings. The Hall–Kier alpha value is -0.800. The van der Waals surface area contributed by atoms with Crippen LogP contribution < -0.4 is 5.73 Å². The van der Waals surface area contributed by atoms with E-state index in [-0.39, 0.29) is 6.04 Å². The van der Waals surface area contributed by atoms with Crippen LogP contribution in [0.15, 0.2) is 18.3 Å². The highest BCUT2D eigenvalue weighted by molar-refractivity contribution is 5.08. The van der Waals surface area contributed by atoms with E-state index in [1.807, 2.05) is 6.92 Å². The third-order valence-electron chi connectivity index (χ3n) is 2.45. The van der Waals surface area contributed by atoms with Crippen molar-refractivity contribution in [1.29, 1.82) is 0 Å². The van der Waals surface area contributed by atoms with Crippen LogP contribution in [-0.2, 0) is 17.7 Å². The lowest BCUT2D eigenvalue weighted by molar-refractivity contribution is 0.191. The fourth-order valence-electron chi connectivity index (χ4n) is 1.71. The van der Waals surface area contributed by atoms with E-state index in [1.54, 1.807) is 7.11 Å². The van der Waals surface area contributed by atoms with Gasteiger partial charge in [-0.25, -0.2) is 0 Å². The normalized spacial score (nSPS) is 13.0. The minimum absolute atomic E-state index is 0.234. The molecular formula is C12H22N2O. The number of aromatic nitrogens is 1. The van der Waals surface area contributed by atoms with Crippen molar-refractivity contribution in [3.05, 3.63) is 24.0 Å². The summed E-state index contributed by atoms with van der Waals surface area (Å²) in [6, 6.07) is 4.48. The SMILES string of the molecule is COCCCCn1cccc1CC(C)N. The van der Waals surface area contributed by atoms with Gasteiger partial charge in [-0.05, 0) is 31.9 Å². The number of ether oxygens (including phenoxy) is 1. The first-order chi connectivity index (χ1) is 7.24. The predicted octanol–water partition coefficient (Wildman–Crippen LogP) is 1.80. The van der Waals surface area contributed by atoms with Crippen LogP contribution in [0.2, 0.25) is 0 Å². The Morgan fingerprint density at radius 1 is 1.47 bits per heavy atom. The summed E-state index contributed by atoms with van der Waals surface area (Å²) in [5.74, 6) is 0. The second kappa shape index (κ2) is 6.64. The summed E-state index contributed by atoms with van der Waals surface area (Å²) in [6.45, 7) is 3.96. The van der Waals surface area contributed by atoms with Crippen molar-refractivity contribution >= 4 is 0 Å². The topological polar surface area (TPSA) is 40.2 Å². The van der Waals surface area contributed by atoms with E-state index < -0.39 is 0 Å². The summed E-state index contributed by atoms with van der Waals surface area (Å²) in [5, 5.41) is 0. The average Bonchev–Trinajstić information content (AvgIpc) is 2.59. The Morgan fingerprint density at radius 3 is 2.93 bits per heavy atom. The summed E-state index contributed by atoms with van der Waals surface area (Å²) in [7, 11) is 1.75. The number of aryl methyl sites for hydroxylation is 1. The molecular weight excluding hydrogens is 188 g/mol. The van der Waals surface area contributed by atoms with Crippen LogP contribution >= 0.6 is 0 Å². The highest BCUT2D eigenvalue weighted by Gasteiger charge is 2.03. The Bertz CT molecular complexity index is 268. The van der Waals surface area contributed by atoms with Crippen molar-refractivity contribution in [2.24, 2.45) is 5.73 Å². The van der Waals surface area contributed by atoms with E-state index in [4.69, 9.17) is 10.5 Å². The Balaban J connectivity index is 2.36. The Kier molecular flexibility index (Phi) is 5.43. The largest absolute Gasteiger partial charge is 0.385 e. The van der Waals surface area contributed by atoms with Crippen LogP contribution in [0, 0.1) is 0 Å². The summed E-state index contributed by atoms with van der Waals surface area (Å²) < 4.78 is 7.32. The Morgan fingerprint density at radius 2 is 2.27 bits per heavy atom. The van der Waals surface area contributed by atoms with Crippen molar-refractivity contribution in [2.45, 2.75) is 38.8 Å². The quantitative estimate of drug-likeness (QED) is 0.697. The van der Waals surface area contributed by atoms with Gasteiger partial charge in [0.2, 0.25) is 0 Å². The van der Waals surface area contributed by atoms with E-state index >= 15 is 0 Å². The molecule has 2 N–H and O–H groups in total. The standard InChI is InChI=1S/C12H22N2O/c1-11(13)10-12-6-5-8-14(12)7-3-4-9-15-2/h5-6,8,11H,3-4,7,9-10,13H2,1-2H3. The molecule has 0 aromatic carbocycles. The number of rotatable bonds is 7. The van der Waals surface area contributed by atoms with Crippen molar-refractivity contribution in [3.63, 3.8) is 0 Å². The number of hydrogen-bond donors (Lipinski definition) is 1. The minimum atomic E-state index is 0.234. The molecule has 1 rings (SSSR count). The van der Waals surface area contributed by atoms with E-state index in [1.165, 1.54) is 5.69 Å². The van der Waals surface area contributed by atoms with Gasteiger partial charge in [-0.3, -0.25) is 0 Å². The summed E-state index contributed by atoms with van der Waals surface area (Å²) in [5.41, 5.74) is 7.13. The Labute approximate surface area is 92.2 Å². The number of nitrogens with two attached hydrogens (primary N) is 1. The first-order valence-corrected chi connectivity index (χ1v) is 5.62. The van der Waals surface area contributed by atoms with Gasteiger partial charge < -0.3 is 15.0 Å². The lowest BCUT2D eigenvalue weighted by atomic mass is 10.2. The fourth-order valence-corrected chi connectivity index (χ4v) is 1.71. The molecule has 0 radical (unpaired) electrons. The second-order valence-corrected chi connectivity index (χ2v) is 4.07. The summed E-state index contributed by atoms with van der Waals surface area (Å²) in [4.78, 5) is 0. The highest BCUT2D eigenvalue weighted by Crippen LogP contribution is 2.07. The van der Waals surface area contributed by atoms with Gasteiger partial charge in [0.05, 0.1) is 0 Å². The molecule has 0 saturated heterocycles. The minimum Gasteiger partial charge on any atom is -0.385 e. The molecule has 0 saturated carbocycles. The molecule has 3 nitrogen and oxygen atoms in total. The van der Waals surface area contributed by atoms with Gasteiger partial charge in [0.15, 0.2) is 0 Å². The molecule has 1 aromatic rings. The van der Waals surface area contributed by atoms with Crippen LogP contribution in [0.25, 0.3) is 0 Å². The molecule has 0 amide bonds. The van der Waals surface area contributed by atoms with Crippen molar-refractivity contribution in [2.75, 3.05) is 13.7 Å². The maximum atomic E-state index is 5.80. The molecule has 1 unspecified atom stereocenters. The maximum absolute atomic E-state index is 5.80. The van der Waals surface area contributed by atoms with E-state index in [9.17, 15) is 0 Å². The van der Waals surface area contributed by atoms with Crippen molar-refractivity contribution in [3.8, 4) is 0 Å². The summed E-state index contributed by atoms with van der Waals surface area (Å²) in [6.07, 6.45) is 5.36. The zero-order valence-electron chi connectivity index (χ0n) is 9.78. The fraction of sp³-hybridized carbons (Fsp3) is 0.667. The second-order valence-electron chi connectivity index (χ2n) is 4.07. The van der Waals surface area contributed by atoms with Crippen molar-refractivity contribution < 1.29 is 4.74 Å². The van der Waals surface area contributed by atoms with Gasteiger partial charge in [0.25, 0.3) is 0 Å². The van der Waals surface area contributed by atoms with Crippen LogP contribution in [0.1, 0.15) is 25.5 Å². The van der Waals surface area contributed by atoms with Gasteiger partial charge in [-0.1, -0.05) is 0 Å².